The Bertz CT molecular complexity index is 150. The summed E-state index contributed by atoms with van der Waals surface area (Å²) in [5, 5.41) is 0. The SMILES string of the molecule is [CH2]CCCCCCCCCCCC(CC)CCC[CH2]. The van der Waals surface area contributed by atoms with Crippen LogP contribution in [-0.2, 0) is 0 Å². The molecule has 0 nitrogen and oxygen atoms in total. The number of hydrogen-bond donors (Lipinski definition) is 0. The van der Waals surface area contributed by atoms with Crippen molar-refractivity contribution in [1.82, 2.24) is 0 Å². The quantitative estimate of drug-likeness (QED) is 0.276. The molecule has 0 heteroatoms. The van der Waals surface area contributed by atoms with Gasteiger partial charge in [0.2, 0.25) is 0 Å². The lowest BCUT2D eigenvalue weighted by atomic mass is 9.93. The Hall–Kier alpha value is 0. The molecular weight excluding hydrogens is 228 g/mol. The van der Waals surface area contributed by atoms with E-state index in [4.69, 9.17) is 0 Å². The minimum atomic E-state index is 0.976. The standard InChI is InChI=1S/C19H38/c1-4-7-9-10-11-12-13-14-15-16-18-19(6-3)17-8-5-2/h19H,1-2,4-18H2,3H3. The topological polar surface area (TPSA) is 0 Å². The highest BCUT2D eigenvalue weighted by Gasteiger charge is 2.04. The summed E-state index contributed by atoms with van der Waals surface area (Å²) in [6, 6.07) is 0. The van der Waals surface area contributed by atoms with Crippen LogP contribution in [0.5, 0.6) is 0 Å². The molecule has 0 fully saturated rings. The number of rotatable bonds is 15. The van der Waals surface area contributed by atoms with E-state index in [1.807, 2.05) is 0 Å². The van der Waals surface area contributed by atoms with E-state index in [-0.39, 0.29) is 0 Å². The van der Waals surface area contributed by atoms with Gasteiger partial charge in [-0.2, -0.15) is 0 Å². The molecule has 1 atom stereocenters. The van der Waals surface area contributed by atoms with E-state index in [9.17, 15) is 0 Å². The van der Waals surface area contributed by atoms with Gasteiger partial charge < -0.3 is 0 Å². The molecule has 0 aromatic carbocycles. The third-order valence-corrected chi connectivity index (χ3v) is 4.30. The lowest BCUT2D eigenvalue weighted by Gasteiger charge is -2.13. The van der Waals surface area contributed by atoms with Crippen LogP contribution < -0.4 is 0 Å². The molecule has 19 heavy (non-hydrogen) atoms. The average molecular weight is 267 g/mol. The fraction of sp³-hybridized carbons (Fsp3) is 0.895. The second-order valence-electron chi connectivity index (χ2n) is 6.09. The van der Waals surface area contributed by atoms with Gasteiger partial charge in [0.15, 0.2) is 0 Å². The summed E-state index contributed by atoms with van der Waals surface area (Å²) < 4.78 is 0. The van der Waals surface area contributed by atoms with Gasteiger partial charge in [0.05, 0.1) is 0 Å². The van der Waals surface area contributed by atoms with Crippen molar-refractivity contribution < 1.29 is 0 Å². The first-order valence-electron chi connectivity index (χ1n) is 8.93. The van der Waals surface area contributed by atoms with E-state index in [1.54, 1.807) is 0 Å². The van der Waals surface area contributed by atoms with Crippen LogP contribution in [-0.4, -0.2) is 0 Å². The molecule has 0 aliphatic carbocycles. The van der Waals surface area contributed by atoms with Crippen molar-refractivity contribution in [2.75, 3.05) is 0 Å². The molecule has 1 unspecified atom stereocenters. The van der Waals surface area contributed by atoms with Crippen LogP contribution >= 0.6 is 0 Å². The molecule has 0 aromatic rings. The predicted octanol–water partition coefficient (Wildman–Crippen LogP) is 7.14. The molecule has 0 spiro atoms. The normalized spacial score (nSPS) is 12.8. The summed E-state index contributed by atoms with van der Waals surface area (Å²) in [7, 11) is 0. The van der Waals surface area contributed by atoms with Crippen LogP contribution in [0.15, 0.2) is 0 Å². The number of hydrogen-bond acceptors (Lipinski definition) is 0. The molecule has 0 aliphatic heterocycles. The molecule has 0 rings (SSSR count). The Morgan fingerprint density at radius 2 is 1.00 bits per heavy atom. The Morgan fingerprint density at radius 3 is 1.47 bits per heavy atom. The highest BCUT2D eigenvalue weighted by molar-refractivity contribution is 4.59. The maximum atomic E-state index is 3.95. The summed E-state index contributed by atoms with van der Waals surface area (Å²) in [5.74, 6) is 0.976. The highest BCUT2D eigenvalue weighted by Crippen LogP contribution is 2.20. The van der Waals surface area contributed by atoms with Crippen LogP contribution in [0, 0.1) is 19.8 Å². The van der Waals surface area contributed by atoms with Gasteiger partial charge in [0, 0.05) is 0 Å². The van der Waals surface area contributed by atoms with Crippen molar-refractivity contribution in [1.29, 1.82) is 0 Å². The second kappa shape index (κ2) is 16.1. The average Bonchev–Trinajstić information content (AvgIpc) is 2.44. The summed E-state index contributed by atoms with van der Waals surface area (Å²) in [6.07, 6.45) is 20.7. The first kappa shape index (κ1) is 19.0. The Kier molecular flexibility index (Phi) is 16.1. The highest BCUT2D eigenvalue weighted by atomic mass is 14.1. The van der Waals surface area contributed by atoms with Gasteiger partial charge in [0.1, 0.15) is 0 Å². The number of unbranched alkanes of at least 4 members (excludes halogenated alkanes) is 10. The lowest BCUT2D eigenvalue weighted by molar-refractivity contribution is 0.402. The maximum absolute atomic E-state index is 3.95. The van der Waals surface area contributed by atoms with Gasteiger partial charge in [-0.05, 0) is 5.92 Å². The molecular formula is C19H38. The molecule has 0 heterocycles. The first-order chi connectivity index (χ1) is 9.35. The first-order valence-corrected chi connectivity index (χ1v) is 8.93. The largest absolute Gasteiger partial charge is 0.0651 e. The van der Waals surface area contributed by atoms with Gasteiger partial charge in [-0.3, -0.25) is 0 Å². The predicted molar refractivity (Wildman–Crippen MR) is 89.1 cm³/mol. The molecule has 0 bridgehead atoms. The van der Waals surface area contributed by atoms with E-state index in [2.05, 4.69) is 20.8 Å². The smallest absolute Gasteiger partial charge is 0.0417 e. The fourth-order valence-electron chi connectivity index (χ4n) is 2.83. The van der Waals surface area contributed by atoms with E-state index in [0.29, 0.717) is 0 Å². The van der Waals surface area contributed by atoms with Crippen LogP contribution in [0.1, 0.15) is 103 Å². The van der Waals surface area contributed by atoms with Gasteiger partial charge in [-0.25, -0.2) is 0 Å². The molecule has 0 saturated carbocycles. The van der Waals surface area contributed by atoms with Gasteiger partial charge in [-0.15, -0.1) is 0 Å². The van der Waals surface area contributed by atoms with Crippen molar-refractivity contribution >= 4 is 0 Å². The van der Waals surface area contributed by atoms with E-state index < -0.39 is 0 Å². The minimum Gasteiger partial charge on any atom is -0.0651 e. The Labute approximate surface area is 123 Å². The molecule has 114 valence electrons. The van der Waals surface area contributed by atoms with Crippen LogP contribution in [0.3, 0.4) is 0 Å². The molecule has 0 N–H and O–H groups in total. The van der Waals surface area contributed by atoms with Crippen LogP contribution in [0.2, 0.25) is 0 Å². The summed E-state index contributed by atoms with van der Waals surface area (Å²) in [6.45, 7) is 10.2. The van der Waals surface area contributed by atoms with Crippen molar-refractivity contribution in [3.8, 4) is 0 Å². The van der Waals surface area contributed by atoms with E-state index in [0.717, 1.165) is 18.8 Å². The Balaban J connectivity index is 3.16. The zero-order valence-corrected chi connectivity index (χ0v) is 13.6. The van der Waals surface area contributed by atoms with Crippen LogP contribution in [0.4, 0.5) is 0 Å². The maximum Gasteiger partial charge on any atom is -0.0417 e. The third-order valence-electron chi connectivity index (χ3n) is 4.30. The third kappa shape index (κ3) is 14.2. The Morgan fingerprint density at radius 1 is 0.579 bits per heavy atom. The zero-order valence-electron chi connectivity index (χ0n) is 13.6. The summed E-state index contributed by atoms with van der Waals surface area (Å²) >= 11 is 0. The van der Waals surface area contributed by atoms with Gasteiger partial charge in [-0.1, -0.05) is 117 Å². The van der Waals surface area contributed by atoms with E-state index >= 15 is 0 Å². The summed E-state index contributed by atoms with van der Waals surface area (Å²) in [5.41, 5.74) is 0. The second-order valence-corrected chi connectivity index (χ2v) is 6.09. The summed E-state index contributed by atoms with van der Waals surface area (Å²) in [4.78, 5) is 0. The fourth-order valence-corrected chi connectivity index (χ4v) is 2.83. The van der Waals surface area contributed by atoms with Crippen molar-refractivity contribution in [3.05, 3.63) is 13.8 Å². The van der Waals surface area contributed by atoms with Crippen molar-refractivity contribution in [2.45, 2.75) is 103 Å². The monoisotopic (exact) mass is 266 g/mol. The molecule has 0 aromatic heterocycles. The van der Waals surface area contributed by atoms with Gasteiger partial charge >= 0.3 is 0 Å². The zero-order chi connectivity index (χ0) is 14.2. The minimum absolute atomic E-state index is 0.976. The van der Waals surface area contributed by atoms with Crippen LogP contribution in [0.25, 0.3) is 0 Å². The van der Waals surface area contributed by atoms with E-state index in [1.165, 1.54) is 83.5 Å². The molecule has 0 aliphatic rings. The lowest BCUT2D eigenvalue weighted by Crippen LogP contribution is -1.98. The van der Waals surface area contributed by atoms with Crippen molar-refractivity contribution in [3.63, 3.8) is 0 Å². The molecule has 0 amide bonds. The van der Waals surface area contributed by atoms with Crippen molar-refractivity contribution in [2.24, 2.45) is 5.92 Å². The molecule has 2 radical (unpaired) electrons. The molecule has 0 saturated heterocycles. The van der Waals surface area contributed by atoms with Gasteiger partial charge in [0.25, 0.3) is 0 Å².